The van der Waals surface area contributed by atoms with Gasteiger partial charge in [0.2, 0.25) is 0 Å². The van der Waals surface area contributed by atoms with Crippen LogP contribution < -0.4 is 4.52 Å². The first-order chi connectivity index (χ1) is 10.4. The van der Waals surface area contributed by atoms with Gasteiger partial charge in [0, 0.05) is 11.2 Å². The van der Waals surface area contributed by atoms with E-state index in [9.17, 15) is 18.1 Å². The number of ketones is 1. The molecule has 1 N–H and O–H groups in total. The number of Topliss-reactive ketones (excluding diaryl/α,β-unsaturated/α-hetero) is 1. The number of rotatable bonds is 7. The molecule has 0 saturated carbocycles. The summed E-state index contributed by atoms with van der Waals surface area (Å²) in [7, 11) is -4.99. The zero-order chi connectivity index (χ0) is 17.8. The number of halogens is 3. The van der Waals surface area contributed by atoms with E-state index in [2.05, 4.69) is 20.5 Å². The molecule has 130 valence electrons. The van der Waals surface area contributed by atoms with Gasteiger partial charge in [-0.15, -0.1) is 11.8 Å². The topological polar surface area (TPSA) is 63.6 Å². The van der Waals surface area contributed by atoms with Crippen LogP contribution in [-0.4, -0.2) is 22.6 Å². The van der Waals surface area contributed by atoms with E-state index in [4.69, 9.17) is 4.89 Å². The maximum absolute atomic E-state index is 12.4. The van der Waals surface area contributed by atoms with Crippen LogP contribution in [0, 0.1) is 5.41 Å². The highest BCUT2D eigenvalue weighted by Gasteiger charge is 2.34. The molecule has 0 fully saturated rings. The largest absolute Gasteiger partial charge is 0.442 e. The molecule has 0 aliphatic carbocycles. The van der Waals surface area contributed by atoms with Crippen molar-refractivity contribution in [3.05, 3.63) is 28.2 Å². The van der Waals surface area contributed by atoms with Crippen LogP contribution in [0.15, 0.2) is 22.7 Å². The second kappa shape index (κ2) is 8.10. The van der Waals surface area contributed by atoms with Crippen LogP contribution in [0.4, 0.5) is 8.78 Å². The van der Waals surface area contributed by atoms with E-state index in [0.29, 0.717) is 16.0 Å². The van der Waals surface area contributed by atoms with E-state index in [1.807, 2.05) is 20.8 Å². The van der Waals surface area contributed by atoms with Gasteiger partial charge in [0.25, 0.3) is 0 Å². The van der Waals surface area contributed by atoms with Crippen LogP contribution in [0.1, 0.15) is 26.3 Å². The average molecular weight is 431 g/mol. The van der Waals surface area contributed by atoms with E-state index in [1.165, 1.54) is 17.8 Å². The molecule has 0 heterocycles. The first-order valence-electron chi connectivity index (χ1n) is 6.63. The Labute approximate surface area is 146 Å². The van der Waals surface area contributed by atoms with Gasteiger partial charge < -0.3 is 9.42 Å². The fraction of sp³-hybridized carbons (Fsp3) is 0.500. The molecule has 0 amide bonds. The zero-order valence-corrected chi connectivity index (χ0v) is 16.2. The molecule has 0 aromatic heterocycles. The van der Waals surface area contributed by atoms with E-state index >= 15 is 0 Å². The van der Waals surface area contributed by atoms with Crippen LogP contribution >= 0.6 is 35.3 Å². The summed E-state index contributed by atoms with van der Waals surface area (Å²) in [6, 6.07) is 4.55. The van der Waals surface area contributed by atoms with Crippen molar-refractivity contribution in [2.75, 3.05) is 5.75 Å². The predicted molar refractivity (Wildman–Crippen MR) is 91.2 cm³/mol. The van der Waals surface area contributed by atoms with Gasteiger partial charge >= 0.3 is 13.8 Å². The summed E-state index contributed by atoms with van der Waals surface area (Å²) in [5.41, 5.74) is 0.448. The Kier molecular flexibility index (Phi) is 7.26. The van der Waals surface area contributed by atoms with Gasteiger partial charge in [-0.05, 0) is 33.6 Å². The normalized spacial score (nSPS) is 14.6. The molecular weight excluding hydrogens is 413 g/mol. The van der Waals surface area contributed by atoms with Crippen LogP contribution in [0.3, 0.4) is 0 Å². The Morgan fingerprint density at radius 1 is 1.43 bits per heavy atom. The Morgan fingerprint density at radius 2 is 2.04 bits per heavy atom. The van der Waals surface area contributed by atoms with Gasteiger partial charge in [-0.25, -0.2) is 4.57 Å². The van der Waals surface area contributed by atoms with Crippen LogP contribution in [-0.2, 0) is 15.1 Å². The fourth-order valence-corrected chi connectivity index (χ4v) is 3.66. The number of carbonyl (C=O) groups is 1. The molecule has 1 unspecified atom stereocenters. The highest BCUT2D eigenvalue weighted by atomic mass is 79.9. The molecule has 1 atom stereocenters. The lowest BCUT2D eigenvalue weighted by Crippen LogP contribution is -2.22. The van der Waals surface area contributed by atoms with Crippen LogP contribution in [0.5, 0.6) is 5.75 Å². The highest BCUT2D eigenvalue weighted by Crippen LogP contribution is 2.50. The summed E-state index contributed by atoms with van der Waals surface area (Å²) in [6.45, 7) is 5.57. The first-order valence-corrected chi connectivity index (χ1v) is 10.2. The molecule has 0 bridgehead atoms. The van der Waals surface area contributed by atoms with E-state index in [-0.39, 0.29) is 16.9 Å². The summed E-state index contributed by atoms with van der Waals surface area (Å²) in [5, 5.41) is 0. The first kappa shape index (κ1) is 20.6. The number of thioether (sulfide) groups is 1. The molecule has 4 nitrogen and oxygen atoms in total. The predicted octanol–water partition coefficient (Wildman–Crippen LogP) is 5.08. The molecule has 0 saturated heterocycles. The lowest BCUT2D eigenvalue weighted by atomic mass is 9.92. The molecule has 0 spiro atoms. The number of hydrogen-bond acceptors (Lipinski definition) is 4. The van der Waals surface area contributed by atoms with Crippen molar-refractivity contribution in [3.8, 4) is 5.75 Å². The molecule has 0 aliphatic rings. The summed E-state index contributed by atoms with van der Waals surface area (Å²) in [4.78, 5) is 20.9. The molecule has 23 heavy (non-hydrogen) atoms. The highest BCUT2D eigenvalue weighted by molar-refractivity contribution is 9.10. The number of carbonyl (C=O) groups excluding carboxylic acids is 1. The minimum Gasteiger partial charge on any atom is -0.420 e. The van der Waals surface area contributed by atoms with Crippen LogP contribution in [0.25, 0.3) is 0 Å². The quantitative estimate of drug-likeness (QED) is 0.610. The van der Waals surface area contributed by atoms with Crippen molar-refractivity contribution >= 4 is 41.1 Å². The molecule has 1 aromatic rings. The second-order valence-corrected chi connectivity index (χ2v) is 9.40. The summed E-state index contributed by atoms with van der Waals surface area (Å²) >= 11 is 4.56. The Hall–Kier alpha value is -0.430. The van der Waals surface area contributed by atoms with Gasteiger partial charge in [-0.3, -0.25) is 4.79 Å². The molecule has 0 radical (unpaired) electrons. The monoisotopic (exact) mass is 430 g/mol. The van der Waals surface area contributed by atoms with Gasteiger partial charge in [-0.1, -0.05) is 26.8 Å². The Balaban J connectivity index is 2.67. The number of alkyl halides is 2. The van der Waals surface area contributed by atoms with E-state index < -0.39 is 13.8 Å². The minimum atomic E-state index is -4.99. The summed E-state index contributed by atoms with van der Waals surface area (Å²) < 4.78 is 40.7. The number of hydrogen-bond donors (Lipinski definition) is 1. The van der Waals surface area contributed by atoms with E-state index in [0.717, 1.165) is 5.56 Å². The molecule has 1 aromatic carbocycles. The third-order valence-corrected chi connectivity index (χ3v) is 5.39. The maximum Gasteiger partial charge on any atom is 0.442 e. The lowest BCUT2D eigenvalue weighted by molar-refractivity contribution is -0.123. The van der Waals surface area contributed by atoms with Crippen molar-refractivity contribution in [3.63, 3.8) is 0 Å². The molecule has 1 rings (SSSR count). The smallest absolute Gasteiger partial charge is 0.420 e. The Bertz CT molecular complexity index is 619. The van der Waals surface area contributed by atoms with Crippen molar-refractivity contribution < 1.29 is 27.6 Å². The lowest BCUT2D eigenvalue weighted by Gasteiger charge is -2.16. The average Bonchev–Trinajstić information content (AvgIpc) is 2.40. The van der Waals surface area contributed by atoms with Crippen molar-refractivity contribution in [2.24, 2.45) is 5.41 Å². The minimum absolute atomic E-state index is 0.129. The molecular formula is C14H18BrF2O4PS. The fourth-order valence-electron chi connectivity index (χ4n) is 1.37. The van der Waals surface area contributed by atoms with Crippen molar-refractivity contribution in [1.82, 2.24) is 0 Å². The SMILES string of the molecule is CC(C)(C)C(=O)CSCc1ccc(OP(=O)(O)C(F)F)c(Br)c1. The second-order valence-electron chi connectivity index (χ2n) is 5.86. The number of benzene rings is 1. The van der Waals surface area contributed by atoms with Gasteiger partial charge in [0.05, 0.1) is 10.2 Å². The van der Waals surface area contributed by atoms with Crippen molar-refractivity contribution in [1.29, 1.82) is 0 Å². The molecule has 0 aliphatic heterocycles. The van der Waals surface area contributed by atoms with Gasteiger partial charge in [0.1, 0.15) is 11.5 Å². The Morgan fingerprint density at radius 3 is 2.52 bits per heavy atom. The van der Waals surface area contributed by atoms with Crippen molar-refractivity contribution in [2.45, 2.75) is 32.7 Å². The van der Waals surface area contributed by atoms with Gasteiger partial charge in [0.15, 0.2) is 0 Å². The summed E-state index contributed by atoms with van der Waals surface area (Å²) in [6.07, 6.45) is -3.46. The zero-order valence-electron chi connectivity index (χ0n) is 12.9. The summed E-state index contributed by atoms with van der Waals surface area (Å²) in [5.74, 6) is 0.929. The maximum atomic E-state index is 12.4. The van der Waals surface area contributed by atoms with E-state index in [1.54, 1.807) is 12.1 Å². The third kappa shape index (κ3) is 6.53. The standard InChI is InChI=1S/C14H18BrF2O4PS/c1-14(2,3)12(18)8-23-7-9-4-5-11(10(15)6-9)21-22(19,20)13(16)17/h4-6,13H,7-8H2,1-3H3,(H,19,20). The van der Waals surface area contributed by atoms with Gasteiger partial charge in [-0.2, -0.15) is 8.78 Å². The third-order valence-electron chi connectivity index (χ3n) is 2.81. The van der Waals surface area contributed by atoms with Crippen LogP contribution in [0.2, 0.25) is 0 Å². The molecule has 9 heteroatoms.